The maximum Gasteiger partial charge on any atom is 0.341 e. The number of methoxy groups -OCH3 is 1. The molecule has 6 heteroatoms. The molecular weight excluding hydrogens is 334 g/mol. The van der Waals surface area contributed by atoms with E-state index in [2.05, 4.69) is 5.92 Å². The smallest absolute Gasteiger partial charge is 0.341 e. The van der Waals surface area contributed by atoms with Crippen molar-refractivity contribution in [2.75, 3.05) is 13.7 Å². The average Bonchev–Trinajstić information content (AvgIpc) is 2.64. The summed E-state index contributed by atoms with van der Waals surface area (Å²) in [6.07, 6.45) is 8.19. The fraction of sp³-hybridized carbons (Fsp3) is 0.300. The maximum atomic E-state index is 12.2. The molecule has 0 spiro atoms. The first kappa shape index (κ1) is 17.6. The van der Waals surface area contributed by atoms with Crippen LogP contribution < -0.4 is 14.9 Å². The number of carboxylic acid groups (broad SMARTS) is 1. The van der Waals surface area contributed by atoms with Gasteiger partial charge in [0.05, 0.1) is 12.8 Å². The lowest BCUT2D eigenvalue weighted by molar-refractivity contribution is 0.0694. The summed E-state index contributed by atoms with van der Waals surface area (Å²) in [5.74, 6) is 2.27. The monoisotopic (exact) mass is 353 g/mol. The predicted molar refractivity (Wildman–Crippen MR) is 97.0 cm³/mol. The second-order valence-electron chi connectivity index (χ2n) is 6.07. The molecule has 1 aliphatic heterocycles. The molecule has 0 aliphatic carbocycles. The van der Waals surface area contributed by atoms with Crippen molar-refractivity contribution in [1.29, 1.82) is 0 Å². The Bertz CT molecular complexity index is 967. The number of hydrogen-bond acceptors (Lipinski definition) is 4. The van der Waals surface area contributed by atoms with Crippen LogP contribution >= 0.6 is 0 Å². The van der Waals surface area contributed by atoms with Crippen LogP contribution in [0.15, 0.2) is 29.2 Å². The van der Waals surface area contributed by atoms with Gasteiger partial charge in [0.25, 0.3) is 0 Å². The molecule has 2 aromatic rings. The summed E-state index contributed by atoms with van der Waals surface area (Å²) in [6, 6.07) is 5.11. The first-order chi connectivity index (χ1) is 12.5. The average molecular weight is 353 g/mol. The van der Waals surface area contributed by atoms with Gasteiger partial charge in [-0.05, 0) is 30.5 Å². The number of benzene rings is 1. The van der Waals surface area contributed by atoms with Crippen molar-refractivity contribution in [2.24, 2.45) is 0 Å². The van der Waals surface area contributed by atoms with Crippen molar-refractivity contribution in [3.63, 3.8) is 0 Å². The van der Waals surface area contributed by atoms with Gasteiger partial charge in [-0.1, -0.05) is 12.8 Å². The lowest BCUT2D eigenvalue weighted by atomic mass is 9.90. The summed E-state index contributed by atoms with van der Waals surface area (Å²) in [5, 5.41) is 9.26. The van der Waals surface area contributed by atoms with Crippen LogP contribution in [0.5, 0.6) is 11.5 Å². The van der Waals surface area contributed by atoms with Gasteiger partial charge < -0.3 is 19.1 Å². The van der Waals surface area contributed by atoms with Crippen LogP contribution in [-0.2, 0) is 6.42 Å². The van der Waals surface area contributed by atoms with Crippen molar-refractivity contribution < 1.29 is 19.4 Å². The summed E-state index contributed by atoms with van der Waals surface area (Å²) in [4.78, 5) is 23.6. The highest BCUT2D eigenvalue weighted by Crippen LogP contribution is 2.41. The molecule has 26 heavy (non-hydrogen) atoms. The van der Waals surface area contributed by atoms with Crippen LogP contribution in [0, 0.1) is 12.3 Å². The quantitative estimate of drug-likeness (QED) is 0.837. The summed E-state index contributed by atoms with van der Waals surface area (Å²) in [5.41, 5.74) is 1.77. The van der Waals surface area contributed by atoms with Crippen LogP contribution in [0.1, 0.15) is 35.3 Å². The Morgan fingerprint density at radius 1 is 1.38 bits per heavy atom. The van der Waals surface area contributed by atoms with E-state index in [1.54, 1.807) is 6.07 Å². The van der Waals surface area contributed by atoms with Gasteiger partial charge in [-0.3, -0.25) is 4.79 Å². The number of carbonyl (C=O) groups is 1. The summed E-state index contributed by atoms with van der Waals surface area (Å²) >= 11 is 0. The van der Waals surface area contributed by atoms with Gasteiger partial charge in [0, 0.05) is 23.9 Å². The maximum absolute atomic E-state index is 12.2. The van der Waals surface area contributed by atoms with E-state index in [9.17, 15) is 14.7 Å². The number of pyridine rings is 1. The van der Waals surface area contributed by atoms with Gasteiger partial charge in [-0.15, -0.1) is 6.42 Å². The van der Waals surface area contributed by atoms with Crippen LogP contribution in [0.2, 0.25) is 0 Å². The van der Waals surface area contributed by atoms with Crippen LogP contribution in [0.25, 0.3) is 11.3 Å². The third-order valence-electron chi connectivity index (χ3n) is 4.61. The highest BCUT2D eigenvalue weighted by molar-refractivity contribution is 5.87. The van der Waals surface area contributed by atoms with E-state index in [4.69, 9.17) is 15.9 Å². The Kier molecular flexibility index (Phi) is 4.72. The number of terminal acetylenes is 1. The Morgan fingerprint density at radius 3 is 2.77 bits per heavy atom. The van der Waals surface area contributed by atoms with Gasteiger partial charge in [-0.25, -0.2) is 4.79 Å². The third-order valence-corrected chi connectivity index (χ3v) is 4.61. The number of rotatable bonds is 5. The molecule has 0 radical (unpaired) electrons. The van der Waals surface area contributed by atoms with Crippen molar-refractivity contribution in [2.45, 2.75) is 25.8 Å². The minimum absolute atomic E-state index is 0.0464. The molecule has 1 unspecified atom stereocenters. The molecule has 1 aliphatic rings. The number of fused-ring (bicyclic) bond motifs is 3. The molecule has 1 atom stereocenters. The molecule has 3 rings (SSSR count). The molecule has 0 bridgehead atoms. The topological polar surface area (TPSA) is 77.8 Å². The number of hydrogen-bond donors (Lipinski definition) is 1. The van der Waals surface area contributed by atoms with E-state index in [0.717, 1.165) is 17.5 Å². The molecule has 134 valence electrons. The zero-order valence-electron chi connectivity index (χ0n) is 14.6. The first-order valence-electron chi connectivity index (χ1n) is 8.27. The Morgan fingerprint density at radius 2 is 2.15 bits per heavy atom. The molecule has 1 N–H and O–H groups in total. The number of aromatic carboxylic acids is 1. The molecule has 0 fully saturated rings. The van der Waals surface area contributed by atoms with Gasteiger partial charge in [-0.2, -0.15) is 0 Å². The molecule has 2 heterocycles. The lowest BCUT2D eigenvalue weighted by Gasteiger charge is -2.31. The van der Waals surface area contributed by atoms with E-state index >= 15 is 0 Å². The van der Waals surface area contributed by atoms with Crippen molar-refractivity contribution in [3.05, 3.63) is 45.7 Å². The predicted octanol–water partition coefficient (Wildman–Crippen LogP) is 2.74. The van der Waals surface area contributed by atoms with Crippen molar-refractivity contribution in [1.82, 2.24) is 4.57 Å². The van der Waals surface area contributed by atoms with Gasteiger partial charge in [0.2, 0.25) is 0 Å². The third kappa shape index (κ3) is 2.93. The zero-order valence-corrected chi connectivity index (χ0v) is 14.6. The zero-order chi connectivity index (χ0) is 18.8. The minimum atomic E-state index is -1.22. The van der Waals surface area contributed by atoms with Gasteiger partial charge in [0.15, 0.2) is 16.9 Å². The molecule has 1 aromatic carbocycles. The standard InChI is InChI=1S/C20H19NO5/c1-4-6-26-19-8-12-7-13(5-2)21-11-15(20(23)24)17(22)10-16(21)14(12)9-18(19)25-3/h1,8-11,13H,5-7H2,2-3H3,(H,23,24). The molecule has 0 saturated heterocycles. The van der Waals surface area contributed by atoms with Gasteiger partial charge >= 0.3 is 5.97 Å². The normalized spacial score (nSPS) is 14.7. The Hall–Kier alpha value is -3.20. The lowest BCUT2D eigenvalue weighted by Crippen LogP contribution is -2.25. The Balaban J connectivity index is 2.22. The van der Waals surface area contributed by atoms with Crippen LogP contribution in [0.3, 0.4) is 0 Å². The number of ether oxygens (including phenoxy) is 2. The molecular formula is C20H19NO5. The van der Waals surface area contributed by atoms with Crippen LogP contribution in [-0.4, -0.2) is 29.4 Å². The molecule has 6 nitrogen and oxygen atoms in total. The number of aromatic nitrogens is 1. The second kappa shape index (κ2) is 6.96. The van der Waals surface area contributed by atoms with Crippen molar-refractivity contribution >= 4 is 5.97 Å². The SMILES string of the molecule is C#CCOc1cc2c(cc1OC)-c1cc(=O)c(C(=O)O)cn1C(CC)C2. The molecule has 0 amide bonds. The fourth-order valence-electron chi connectivity index (χ4n) is 3.32. The minimum Gasteiger partial charge on any atom is -0.493 e. The van der Waals surface area contributed by atoms with Crippen LogP contribution in [0.4, 0.5) is 0 Å². The molecule has 0 saturated carbocycles. The Labute approximate surface area is 151 Å². The highest BCUT2D eigenvalue weighted by Gasteiger charge is 2.26. The summed E-state index contributed by atoms with van der Waals surface area (Å²) in [6.45, 7) is 2.15. The number of nitrogens with zero attached hydrogens (tertiary/aromatic N) is 1. The van der Waals surface area contributed by atoms with E-state index in [1.807, 2.05) is 17.6 Å². The second-order valence-corrected chi connectivity index (χ2v) is 6.07. The summed E-state index contributed by atoms with van der Waals surface area (Å²) in [7, 11) is 1.53. The summed E-state index contributed by atoms with van der Waals surface area (Å²) < 4.78 is 12.8. The first-order valence-corrected chi connectivity index (χ1v) is 8.27. The molecule has 1 aromatic heterocycles. The van der Waals surface area contributed by atoms with Crippen molar-refractivity contribution in [3.8, 4) is 35.1 Å². The van der Waals surface area contributed by atoms with Gasteiger partial charge in [0.1, 0.15) is 12.2 Å². The fourth-order valence-corrected chi connectivity index (χ4v) is 3.32. The van der Waals surface area contributed by atoms with E-state index in [1.165, 1.54) is 19.4 Å². The van der Waals surface area contributed by atoms with E-state index < -0.39 is 11.4 Å². The largest absolute Gasteiger partial charge is 0.493 e. The van der Waals surface area contributed by atoms with E-state index in [0.29, 0.717) is 23.6 Å². The van der Waals surface area contributed by atoms with E-state index in [-0.39, 0.29) is 18.2 Å². The highest BCUT2D eigenvalue weighted by atomic mass is 16.5. The number of carboxylic acids is 1.